The van der Waals surface area contributed by atoms with Crippen LogP contribution in [0, 0.1) is 0 Å². The molecular formula is C11H17ClN2OS. The SMILES string of the molecule is CC(N)C(=O)N(Cc1cccs1)C1CC1.Cl. The van der Waals surface area contributed by atoms with E-state index in [1.165, 1.54) is 4.88 Å². The molecule has 1 aliphatic carbocycles. The average molecular weight is 261 g/mol. The van der Waals surface area contributed by atoms with E-state index in [1.54, 1.807) is 18.3 Å². The van der Waals surface area contributed by atoms with Gasteiger partial charge in [0, 0.05) is 10.9 Å². The van der Waals surface area contributed by atoms with Crippen molar-refractivity contribution in [1.29, 1.82) is 0 Å². The van der Waals surface area contributed by atoms with Gasteiger partial charge in [0.1, 0.15) is 0 Å². The van der Waals surface area contributed by atoms with E-state index in [-0.39, 0.29) is 24.4 Å². The van der Waals surface area contributed by atoms with Crippen LogP contribution < -0.4 is 5.73 Å². The van der Waals surface area contributed by atoms with Gasteiger partial charge >= 0.3 is 0 Å². The maximum Gasteiger partial charge on any atom is 0.239 e. The number of halogens is 1. The van der Waals surface area contributed by atoms with E-state index in [0.717, 1.165) is 19.4 Å². The quantitative estimate of drug-likeness (QED) is 0.900. The maximum absolute atomic E-state index is 11.9. The van der Waals surface area contributed by atoms with Crippen molar-refractivity contribution in [2.24, 2.45) is 5.73 Å². The zero-order valence-electron chi connectivity index (χ0n) is 9.26. The second kappa shape index (κ2) is 5.66. The van der Waals surface area contributed by atoms with Gasteiger partial charge in [-0.25, -0.2) is 0 Å². The standard InChI is InChI=1S/C11H16N2OS.ClH/c1-8(12)11(14)13(9-4-5-9)7-10-3-2-6-15-10;/h2-3,6,8-9H,4-5,7,12H2,1H3;1H. The average Bonchev–Trinajstić information content (AvgIpc) is 2.92. The Kier molecular flexibility index (Phi) is 4.77. The van der Waals surface area contributed by atoms with Crippen LogP contribution in [-0.2, 0) is 11.3 Å². The third kappa shape index (κ3) is 3.20. The number of rotatable bonds is 4. The summed E-state index contributed by atoms with van der Waals surface area (Å²) in [5, 5.41) is 2.04. The van der Waals surface area contributed by atoms with Crippen molar-refractivity contribution in [3.8, 4) is 0 Å². The zero-order valence-corrected chi connectivity index (χ0v) is 10.9. The number of nitrogens with zero attached hydrogens (tertiary/aromatic N) is 1. The monoisotopic (exact) mass is 260 g/mol. The van der Waals surface area contributed by atoms with Crippen LogP contribution in [0.2, 0.25) is 0 Å². The lowest BCUT2D eigenvalue weighted by Crippen LogP contribution is -2.42. The number of amides is 1. The highest BCUT2D eigenvalue weighted by Crippen LogP contribution is 2.29. The second-order valence-electron chi connectivity index (χ2n) is 4.07. The molecule has 1 aromatic rings. The van der Waals surface area contributed by atoms with Crippen LogP contribution in [0.5, 0.6) is 0 Å². The molecule has 90 valence electrons. The van der Waals surface area contributed by atoms with Gasteiger partial charge < -0.3 is 10.6 Å². The van der Waals surface area contributed by atoms with E-state index in [4.69, 9.17) is 5.73 Å². The third-order valence-corrected chi connectivity index (χ3v) is 3.43. The predicted molar refractivity (Wildman–Crippen MR) is 68.8 cm³/mol. The van der Waals surface area contributed by atoms with Gasteiger partial charge in [0.15, 0.2) is 0 Å². The second-order valence-corrected chi connectivity index (χ2v) is 5.10. The fourth-order valence-electron chi connectivity index (χ4n) is 1.61. The molecule has 1 saturated carbocycles. The van der Waals surface area contributed by atoms with Crippen molar-refractivity contribution in [2.45, 2.75) is 38.4 Å². The van der Waals surface area contributed by atoms with Crippen molar-refractivity contribution in [3.05, 3.63) is 22.4 Å². The summed E-state index contributed by atoms with van der Waals surface area (Å²) in [4.78, 5) is 15.0. The van der Waals surface area contributed by atoms with Crippen molar-refractivity contribution in [3.63, 3.8) is 0 Å². The summed E-state index contributed by atoms with van der Waals surface area (Å²) in [6.45, 7) is 2.48. The summed E-state index contributed by atoms with van der Waals surface area (Å²) in [7, 11) is 0. The first-order valence-corrected chi connectivity index (χ1v) is 6.15. The largest absolute Gasteiger partial charge is 0.333 e. The normalized spacial score (nSPS) is 16.4. The Balaban J connectivity index is 0.00000128. The first kappa shape index (κ1) is 13.5. The van der Waals surface area contributed by atoms with E-state index in [9.17, 15) is 4.79 Å². The van der Waals surface area contributed by atoms with Gasteiger partial charge in [-0.05, 0) is 31.2 Å². The number of hydrogen-bond donors (Lipinski definition) is 1. The summed E-state index contributed by atoms with van der Waals surface area (Å²) < 4.78 is 0. The molecule has 1 aromatic heterocycles. The highest BCUT2D eigenvalue weighted by molar-refractivity contribution is 7.09. The molecule has 2 N–H and O–H groups in total. The summed E-state index contributed by atoms with van der Waals surface area (Å²) in [6, 6.07) is 4.13. The van der Waals surface area contributed by atoms with Crippen LogP contribution in [0.25, 0.3) is 0 Å². The lowest BCUT2D eigenvalue weighted by Gasteiger charge is -2.23. The van der Waals surface area contributed by atoms with Gasteiger partial charge in [-0.1, -0.05) is 6.07 Å². The highest BCUT2D eigenvalue weighted by Gasteiger charge is 2.33. The van der Waals surface area contributed by atoms with Crippen LogP contribution in [-0.4, -0.2) is 22.9 Å². The summed E-state index contributed by atoms with van der Waals surface area (Å²) >= 11 is 1.69. The molecule has 0 aromatic carbocycles. The molecular weight excluding hydrogens is 244 g/mol. The molecule has 1 unspecified atom stereocenters. The van der Waals surface area contributed by atoms with Gasteiger partial charge in [0.25, 0.3) is 0 Å². The summed E-state index contributed by atoms with van der Waals surface area (Å²) in [6.07, 6.45) is 2.26. The van der Waals surface area contributed by atoms with Crippen molar-refractivity contribution in [1.82, 2.24) is 4.90 Å². The zero-order chi connectivity index (χ0) is 10.8. The van der Waals surface area contributed by atoms with Crippen LogP contribution in [0.4, 0.5) is 0 Å². The van der Waals surface area contributed by atoms with Crippen LogP contribution >= 0.6 is 23.7 Å². The molecule has 16 heavy (non-hydrogen) atoms. The minimum atomic E-state index is -0.384. The topological polar surface area (TPSA) is 46.3 Å². The highest BCUT2D eigenvalue weighted by atomic mass is 35.5. The van der Waals surface area contributed by atoms with Gasteiger partial charge in [-0.2, -0.15) is 0 Å². The Morgan fingerprint density at radius 2 is 2.38 bits per heavy atom. The first-order chi connectivity index (χ1) is 7.18. The molecule has 0 radical (unpaired) electrons. The summed E-state index contributed by atoms with van der Waals surface area (Å²) in [5.41, 5.74) is 5.64. The Labute approximate surface area is 106 Å². The van der Waals surface area contributed by atoms with Gasteiger partial charge in [-0.3, -0.25) is 4.79 Å². The smallest absolute Gasteiger partial charge is 0.239 e. The lowest BCUT2D eigenvalue weighted by molar-refractivity contribution is -0.133. The lowest BCUT2D eigenvalue weighted by atomic mass is 10.3. The van der Waals surface area contributed by atoms with E-state index in [2.05, 4.69) is 6.07 Å². The van der Waals surface area contributed by atoms with E-state index in [0.29, 0.717) is 6.04 Å². The first-order valence-electron chi connectivity index (χ1n) is 5.27. The van der Waals surface area contributed by atoms with Gasteiger partial charge in [0.05, 0.1) is 12.6 Å². The molecule has 1 atom stereocenters. The summed E-state index contributed by atoms with van der Waals surface area (Å²) in [5.74, 6) is 0.0749. The van der Waals surface area contributed by atoms with Crippen molar-refractivity contribution < 1.29 is 4.79 Å². The molecule has 2 rings (SSSR count). The molecule has 1 fully saturated rings. The Morgan fingerprint density at radius 3 is 2.81 bits per heavy atom. The molecule has 5 heteroatoms. The maximum atomic E-state index is 11.9. The molecule has 1 aliphatic rings. The molecule has 1 heterocycles. The number of carbonyl (C=O) groups excluding carboxylic acids is 1. The van der Waals surface area contributed by atoms with Crippen LogP contribution in [0.15, 0.2) is 17.5 Å². The molecule has 1 amide bonds. The molecule has 3 nitrogen and oxygen atoms in total. The van der Waals surface area contributed by atoms with E-state index in [1.807, 2.05) is 16.3 Å². The predicted octanol–water partition coefficient (Wildman–Crippen LogP) is 2.01. The van der Waals surface area contributed by atoms with Crippen LogP contribution in [0.1, 0.15) is 24.6 Å². The van der Waals surface area contributed by atoms with E-state index < -0.39 is 0 Å². The number of nitrogens with two attached hydrogens (primary N) is 1. The van der Waals surface area contributed by atoms with Gasteiger partial charge in [0.2, 0.25) is 5.91 Å². The number of hydrogen-bond acceptors (Lipinski definition) is 3. The van der Waals surface area contributed by atoms with Crippen molar-refractivity contribution in [2.75, 3.05) is 0 Å². The molecule has 0 bridgehead atoms. The minimum Gasteiger partial charge on any atom is -0.333 e. The van der Waals surface area contributed by atoms with E-state index >= 15 is 0 Å². The molecule has 0 spiro atoms. The fraction of sp³-hybridized carbons (Fsp3) is 0.545. The third-order valence-electron chi connectivity index (χ3n) is 2.57. The minimum absolute atomic E-state index is 0. The number of thiophene rings is 1. The molecule has 0 aliphatic heterocycles. The Bertz CT molecular complexity index is 336. The Morgan fingerprint density at radius 1 is 1.69 bits per heavy atom. The number of carbonyl (C=O) groups is 1. The Hall–Kier alpha value is -0.580. The van der Waals surface area contributed by atoms with Crippen LogP contribution in [0.3, 0.4) is 0 Å². The molecule has 0 saturated heterocycles. The van der Waals surface area contributed by atoms with Gasteiger partial charge in [-0.15, -0.1) is 23.7 Å². The van der Waals surface area contributed by atoms with Crippen molar-refractivity contribution >= 4 is 29.7 Å². The fourth-order valence-corrected chi connectivity index (χ4v) is 2.31.